The van der Waals surface area contributed by atoms with Crippen molar-refractivity contribution < 1.29 is 17.7 Å². The van der Waals surface area contributed by atoms with Gasteiger partial charge in [-0.2, -0.15) is 0 Å². The van der Waals surface area contributed by atoms with Crippen LogP contribution in [0.25, 0.3) is 17.1 Å². The number of aromatic nitrogens is 2. The van der Waals surface area contributed by atoms with E-state index in [9.17, 15) is 22.9 Å². The molecule has 0 spiro atoms. The Bertz CT molecular complexity index is 2420. The third kappa shape index (κ3) is 9.96. The fraction of sp³-hybridized carbons (Fsp3) is 0.233. The first-order chi connectivity index (χ1) is 28.0. The normalized spacial score (nSPS) is 13.7. The van der Waals surface area contributed by atoms with Crippen molar-refractivity contribution in [2.24, 2.45) is 0 Å². The van der Waals surface area contributed by atoms with E-state index in [0.29, 0.717) is 11.4 Å². The van der Waals surface area contributed by atoms with Gasteiger partial charge in [-0.3, -0.25) is 19.4 Å². The molecule has 12 nitrogen and oxygen atoms in total. The summed E-state index contributed by atoms with van der Waals surface area (Å²) in [4.78, 5) is 23.7. The van der Waals surface area contributed by atoms with E-state index in [0.717, 1.165) is 78.6 Å². The Morgan fingerprint density at radius 1 is 0.845 bits per heavy atom. The van der Waals surface area contributed by atoms with Crippen molar-refractivity contribution in [3.8, 4) is 17.1 Å². The Labute approximate surface area is 342 Å². The maximum atomic E-state index is 13.5. The van der Waals surface area contributed by atoms with Crippen LogP contribution < -0.4 is 19.8 Å². The topological polar surface area (TPSA) is 129 Å². The average molecular weight is 821 g/mol. The van der Waals surface area contributed by atoms with Gasteiger partial charge in [-0.05, 0) is 118 Å². The predicted molar refractivity (Wildman–Crippen MR) is 231 cm³/mol. The van der Waals surface area contributed by atoms with Crippen molar-refractivity contribution in [2.75, 3.05) is 72.4 Å². The van der Waals surface area contributed by atoms with Gasteiger partial charge in [0.25, 0.3) is 15.7 Å². The quantitative estimate of drug-likeness (QED) is 0.0560. The number of nitrogens with one attached hydrogen (secondary N) is 2. The molecule has 7 rings (SSSR count). The van der Waals surface area contributed by atoms with Crippen molar-refractivity contribution in [1.82, 2.24) is 14.5 Å². The maximum absolute atomic E-state index is 13.5. The molecule has 2 heterocycles. The zero-order chi connectivity index (χ0) is 40.6. The van der Waals surface area contributed by atoms with Gasteiger partial charge >= 0.3 is 0 Å². The lowest BCUT2D eigenvalue weighted by molar-refractivity contribution is -0.384. The molecule has 6 aromatic rings. The summed E-state index contributed by atoms with van der Waals surface area (Å²) in [7, 11) is -0.178. The fourth-order valence-electron chi connectivity index (χ4n) is 6.84. The first-order valence-corrected chi connectivity index (χ1v) is 21.4. The summed E-state index contributed by atoms with van der Waals surface area (Å²) in [5, 5.41) is 15.5. The highest BCUT2D eigenvalue weighted by atomic mass is 32.2. The van der Waals surface area contributed by atoms with E-state index in [4.69, 9.17) is 0 Å². The standard InChI is InChI=1S/C43H45FN8O4S2/c1-48(2)23-21-35(31-57-39-9-4-3-5-10-39)46-41-20-19-40(30-42(41)52(53)54)58(55,56)47-34-15-17-36(18-16-34)49-25-27-50(28-26-49)37-7-6-8-38(29-37)51-24-22-45-43(51)32-11-13-33(44)14-12-32/h3-20,22,24,29-30,35,46-47H,21,23,25-28,31H2,1-2H3/t35-/m1/s1. The van der Waals surface area contributed by atoms with Crippen LogP contribution in [0.15, 0.2) is 144 Å². The zero-order valence-corrected chi connectivity index (χ0v) is 33.9. The Balaban J connectivity index is 0.974. The molecule has 1 aliphatic rings. The van der Waals surface area contributed by atoms with Crippen LogP contribution in [-0.2, 0) is 10.0 Å². The molecule has 0 amide bonds. The first-order valence-electron chi connectivity index (χ1n) is 18.9. The number of nitrogens with zero attached hydrogens (tertiary/aromatic N) is 6. The van der Waals surface area contributed by atoms with Crippen molar-refractivity contribution in [1.29, 1.82) is 0 Å². The molecule has 58 heavy (non-hydrogen) atoms. The minimum Gasteiger partial charge on any atom is -0.376 e. The number of hydrogen-bond donors (Lipinski definition) is 2. The van der Waals surface area contributed by atoms with Gasteiger partial charge in [0, 0.05) is 89.6 Å². The molecule has 5 aromatic carbocycles. The third-order valence-electron chi connectivity index (χ3n) is 9.94. The molecule has 1 aliphatic heterocycles. The highest BCUT2D eigenvalue weighted by Crippen LogP contribution is 2.32. The lowest BCUT2D eigenvalue weighted by Gasteiger charge is -2.37. The van der Waals surface area contributed by atoms with Crippen LogP contribution in [0.4, 0.5) is 32.8 Å². The number of halogens is 1. The molecule has 1 atom stereocenters. The Kier molecular flexibility index (Phi) is 12.6. The smallest absolute Gasteiger partial charge is 0.293 e. The number of imidazole rings is 1. The summed E-state index contributed by atoms with van der Waals surface area (Å²) in [6.07, 6.45) is 4.37. The average Bonchev–Trinajstić information content (AvgIpc) is 3.73. The number of rotatable bonds is 16. The van der Waals surface area contributed by atoms with E-state index in [-0.39, 0.29) is 28.1 Å². The highest BCUT2D eigenvalue weighted by Gasteiger charge is 2.24. The molecule has 0 radical (unpaired) electrons. The van der Waals surface area contributed by atoms with Gasteiger partial charge in [0.2, 0.25) is 0 Å². The third-order valence-corrected chi connectivity index (χ3v) is 12.5. The Morgan fingerprint density at radius 2 is 1.53 bits per heavy atom. The second kappa shape index (κ2) is 18.1. The van der Waals surface area contributed by atoms with E-state index in [1.165, 1.54) is 24.3 Å². The van der Waals surface area contributed by atoms with Gasteiger partial charge in [-0.1, -0.05) is 24.3 Å². The number of sulfonamides is 1. The molecule has 0 unspecified atom stereocenters. The summed E-state index contributed by atoms with van der Waals surface area (Å²) >= 11 is 1.66. The van der Waals surface area contributed by atoms with Crippen LogP contribution in [0, 0.1) is 15.9 Å². The number of anilines is 4. The lowest BCUT2D eigenvalue weighted by Crippen LogP contribution is -2.46. The van der Waals surface area contributed by atoms with Crippen molar-refractivity contribution in [3.63, 3.8) is 0 Å². The number of nitro benzene ring substituents is 1. The first kappa shape index (κ1) is 40.3. The monoisotopic (exact) mass is 820 g/mol. The number of benzene rings is 5. The summed E-state index contributed by atoms with van der Waals surface area (Å²) in [6.45, 7) is 3.84. The van der Waals surface area contributed by atoms with Crippen LogP contribution in [0.1, 0.15) is 6.42 Å². The summed E-state index contributed by atoms with van der Waals surface area (Å²) in [5.41, 5.74) is 4.13. The van der Waals surface area contributed by atoms with Gasteiger partial charge in [0.15, 0.2) is 0 Å². The van der Waals surface area contributed by atoms with Crippen LogP contribution in [0.2, 0.25) is 0 Å². The van der Waals surface area contributed by atoms with Crippen LogP contribution in [0.5, 0.6) is 0 Å². The fourth-order valence-corrected chi connectivity index (χ4v) is 8.91. The second-order valence-electron chi connectivity index (χ2n) is 14.3. The molecular formula is C43H45FN8O4S2. The van der Waals surface area contributed by atoms with Crippen LogP contribution >= 0.6 is 11.8 Å². The van der Waals surface area contributed by atoms with Gasteiger partial charge < -0.3 is 20.0 Å². The summed E-state index contributed by atoms with van der Waals surface area (Å²) in [5.74, 6) is 1.11. The largest absolute Gasteiger partial charge is 0.376 e. The van der Waals surface area contributed by atoms with Crippen molar-refractivity contribution in [2.45, 2.75) is 22.3 Å². The molecule has 1 fully saturated rings. The molecule has 1 saturated heterocycles. The molecule has 0 saturated carbocycles. The van der Waals surface area contributed by atoms with E-state index in [1.807, 2.05) is 79.5 Å². The zero-order valence-electron chi connectivity index (χ0n) is 32.2. The minimum atomic E-state index is -4.13. The van der Waals surface area contributed by atoms with E-state index in [2.05, 4.69) is 41.9 Å². The van der Waals surface area contributed by atoms with Crippen molar-refractivity contribution >= 4 is 50.2 Å². The molecule has 1 aromatic heterocycles. The molecule has 300 valence electrons. The molecular weight excluding hydrogens is 776 g/mol. The van der Waals surface area contributed by atoms with Crippen LogP contribution in [-0.4, -0.2) is 86.4 Å². The van der Waals surface area contributed by atoms with E-state index in [1.54, 1.807) is 42.2 Å². The molecule has 2 N–H and O–H groups in total. The maximum Gasteiger partial charge on any atom is 0.293 e. The summed E-state index contributed by atoms with van der Waals surface area (Å²) < 4.78 is 45.2. The van der Waals surface area contributed by atoms with Gasteiger partial charge in [0.1, 0.15) is 17.3 Å². The predicted octanol–water partition coefficient (Wildman–Crippen LogP) is 8.24. The van der Waals surface area contributed by atoms with E-state index >= 15 is 0 Å². The minimum absolute atomic E-state index is 0.101. The highest BCUT2D eigenvalue weighted by molar-refractivity contribution is 7.99. The lowest BCUT2D eigenvalue weighted by atomic mass is 10.2. The Morgan fingerprint density at radius 3 is 2.22 bits per heavy atom. The Hall–Kier alpha value is -5.90. The summed E-state index contributed by atoms with van der Waals surface area (Å²) in [6, 6.07) is 35.6. The number of piperazine rings is 1. The molecule has 0 aliphatic carbocycles. The van der Waals surface area contributed by atoms with Gasteiger partial charge in [-0.15, -0.1) is 11.8 Å². The number of nitro groups is 1. The molecule has 15 heteroatoms. The van der Waals surface area contributed by atoms with Crippen molar-refractivity contribution in [3.05, 3.63) is 150 Å². The SMILES string of the molecule is CN(C)CC[C@H](CSc1ccccc1)Nc1ccc(S(=O)(=O)Nc2ccc(N3CCN(c4cccc(-n5ccnc5-c5ccc(F)cc5)c4)CC3)cc2)cc1[N+](=O)[O-]. The molecule has 0 bridgehead atoms. The number of thioether (sulfide) groups is 1. The van der Waals surface area contributed by atoms with Crippen LogP contribution in [0.3, 0.4) is 0 Å². The van der Waals surface area contributed by atoms with Gasteiger partial charge in [-0.25, -0.2) is 17.8 Å². The van der Waals surface area contributed by atoms with Gasteiger partial charge in [0.05, 0.1) is 9.82 Å². The second-order valence-corrected chi connectivity index (χ2v) is 17.0. The van der Waals surface area contributed by atoms with E-state index < -0.39 is 14.9 Å². The number of hydrogen-bond acceptors (Lipinski definition) is 10.